The van der Waals surface area contributed by atoms with Crippen LogP contribution in [0.4, 0.5) is 5.69 Å². The third-order valence-electron chi connectivity index (χ3n) is 8.17. The molecule has 42 heavy (non-hydrogen) atoms. The maximum atomic E-state index is 12.9. The topological polar surface area (TPSA) is 41.9 Å². The molecule has 1 aliphatic rings. The van der Waals surface area contributed by atoms with Crippen molar-refractivity contribution in [2.45, 2.75) is 118 Å². The Morgan fingerprint density at radius 1 is 0.952 bits per heavy atom. The lowest BCUT2D eigenvalue weighted by molar-refractivity contribution is -0.116. The normalized spacial score (nSPS) is 16.4. The first-order valence-corrected chi connectivity index (χ1v) is 16.7. The minimum Gasteiger partial charge on any atom is -0.492 e. The summed E-state index contributed by atoms with van der Waals surface area (Å²) in [4.78, 5) is 19.3. The SMILES string of the molecule is CCCCCCCCCCCCCCOc1ccc(CN(C(C)=O)c2ccccc2CC2(C)C=C(C)C=NC2)cc1Cl. The van der Waals surface area contributed by atoms with Gasteiger partial charge in [-0.3, -0.25) is 9.79 Å². The van der Waals surface area contributed by atoms with E-state index in [-0.39, 0.29) is 11.3 Å². The van der Waals surface area contributed by atoms with Crippen LogP contribution in [0.15, 0.2) is 59.1 Å². The average Bonchev–Trinajstić information content (AvgIpc) is 2.95. The smallest absolute Gasteiger partial charge is 0.224 e. The molecule has 0 aliphatic carbocycles. The molecule has 2 aromatic rings. The number of anilines is 1. The Labute approximate surface area is 260 Å². The summed E-state index contributed by atoms with van der Waals surface area (Å²) in [7, 11) is 0. The molecule has 1 aliphatic heterocycles. The molecular weight excluding hydrogens is 540 g/mol. The summed E-state index contributed by atoms with van der Waals surface area (Å²) >= 11 is 6.63. The predicted molar refractivity (Wildman–Crippen MR) is 180 cm³/mol. The van der Waals surface area contributed by atoms with E-state index in [4.69, 9.17) is 16.3 Å². The van der Waals surface area contributed by atoms with Gasteiger partial charge in [0.2, 0.25) is 5.91 Å². The Morgan fingerprint density at radius 3 is 2.21 bits per heavy atom. The van der Waals surface area contributed by atoms with Crippen LogP contribution < -0.4 is 9.64 Å². The van der Waals surface area contributed by atoms with E-state index in [0.717, 1.165) is 36.2 Å². The Kier molecular flexibility index (Phi) is 14.7. The number of benzene rings is 2. The van der Waals surface area contributed by atoms with Gasteiger partial charge >= 0.3 is 0 Å². The van der Waals surface area contributed by atoms with Crippen molar-refractivity contribution in [1.82, 2.24) is 0 Å². The number of para-hydroxylation sites is 1. The highest BCUT2D eigenvalue weighted by Gasteiger charge is 2.27. The van der Waals surface area contributed by atoms with Crippen molar-refractivity contribution in [2.24, 2.45) is 10.4 Å². The largest absolute Gasteiger partial charge is 0.492 e. The van der Waals surface area contributed by atoms with Gasteiger partial charge < -0.3 is 9.64 Å². The molecule has 2 aromatic carbocycles. The molecular formula is C37H53ClN2O2. The van der Waals surface area contributed by atoms with E-state index in [2.05, 4.69) is 37.9 Å². The molecule has 0 spiro atoms. The molecule has 0 N–H and O–H groups in total. The van der Waals surface area contributed by atoms with Crippen LogP contribution >= 0.6 is 11.6 Å². The van der Waals surface area contributed by atoms with Gasteiger partial charge in [-0.25, -0.2) is 0 Å². The number of allylic oxidation sites excluding steroid dienone is 1. The Morgan fingerprint density at radius 2 is 1.60 bits per heavy atom. The fourth-order valence-corrected chi connectivity index (χ4v) is 6.19. The van der Waals surface area contributed by atoms with E-state index in [1.54, 1.807) is 6.92 Å². The highest BCUT2D eigenvalue weighted by Crippen LogP contribution is 2.34. The van der Waals surface area contributed by atoms with Gasteiger partial charge in [-0.1, -0.05) is 126 Å². The molecule has 0 radical (unpaired) electrons. The second-order valence-electron chi connectivity index (χ2n) is 12.4. The lowest BCUT2D eigenvalue weighted by atomic mass is 9.80. The van der Waals surface area contributed by atoms with Crippen LogP contribution in [0.2, 0.25) is 5.02 Å². The number of hydrogen-bond donors (Lipinski definition) is 0. The van der Waals surface area contributed by atoms with Crippen molar-refractivity contribution in [3.05, 3.63) is 70.3 Å². The van der Waals surface area contributed by atoms with Crippen LogP contribution in [-0.4, -0.2) is 25.3 Å². The second-order valence-corrected chi connectivity index (χ2v) is 12.8. The van der Waals surface area contributed by atoms with Gasteiger partial charge in [0, 0.05) is 30.8 Å². The van der Waals surface area contributed by atoms with E-state index in [1.165, 1.54) is 76.2 Å². The predicted octanol–water partition coefficient (Wildman–Crippen LogP) is 10.6. The lowest BCUT2D eigenvalue weighted by Gasteiger charge is -2.31. The third kappa shape index (κ3) is 11.6. The number of rotatable bonds is 19. The summed E-state index contributed by atoms with van der Waals surface area (Å²) in [5, 5.41) is 0.594. The molecule has 0 saturated carbocycles. The molecule has 1 amide bonds. The quantitative estimate of drug-likeness (QED) is 0.152. The molecule has 1 heterocycles. The van der Waals surface area contributed by atoms with Crippen LogP contribution in [0.5, 0.6) is 5.75 Å². The van der Waals surface area contributed by atoms with Crippen LogP contribution in [0.1, 0.15) is 116 Å². The molecule has 3 rings (SSSR count). The van der Waals surface area contributed by atoms with E-state index in [9.17, 15) is 4.79 Å². The number of halogens is 1. The van der Waals surface area contributed by atoms with Gasteiger partial charge in [-0.05, 0) is 54.7 Å². The van der Waals surface area contributed by atoms with Crippen molar-refractivity contribution in [3.63, 3.8) is 0 Å². The summed E-state index contributed by atoms with van der Waals surface area (Å²) < 4.78 is 6.01. The van der Waals surface area contributed by atoms with Crippen LogP contribution in [-0.2, 0) is 17.8 Å². The van der Waals surface area contributed by atoms with E-state index < -0.39 is 0 Å². The fraction of sp³-hybridized carbons (Fsp3) is 0.568. The van der Waals surface area contributed by atoms with Crippen molar-refractivity contribution < 1.29 is 9.53 Å². The minimum atomic E-state index is -0.0761. The van der Waals surface area contributed by atoms with E-state index in [0.29, 0.717) is 23.9 Å². The van der Waals surface area contributed by atoms with Crippen LogP contribution in [0.3, 0.4) is 0 Å². The summed E-state index contributed by atoms with van der Waals surface area (Å²) in [5.74, 6) is 0.718. The number of nitrogens with zero attached hydrogens (tertiary/aromatic N) is 2. The maximum absolute atomic E-state index is 12.9. The number of dihydropyridines is 1. The summed E-state index contributed by atoms with van der Waals surface area (Å²) in [6.45, 7) is 10.1. The highest BCUT2D eigenvalue weighted by molar-refractivity contribution is 6.32. The first-order chi connectivity index (χ1) is 20.3. The first kappa shape index (κ1) is 33.9. The summed E-state index contributed by atoms with van der Waals surface area (Å²) in [6.07, 6.45) is 20.9. The van der Waals surface area contributed by atoms with Gasteiger partial charge in [0.1, 0.15) is 5.75 Å². The Hall–Kier alpha value is -2.59. The number of aliphatic imine (C=N–C) groups is 1. The molecule has 230 valence electrons. The van der Waals surface area contributed by atoms with Crippen molar-refractivity contribution in [2.75, 3.05) is 18.1 Å². The number of carbonyl (C=O) groups is 1. The number of unbranched alkanes of at least 4 members (excludes halogenated alkanes) is 11. The zero-order chi connectivity index (χ0) is 30.2. The Bertz CT molecular complexity index is 1170. The molecule has 0 fully saturated rings. The zero-order valence-corrected chi connectivity index (χ0v) is 27.4. The first-order valence-electron chi connectivity index (χ1n) is 16.3. The lowest BCUT2D eigenvalue weighted by Crippen LogP contribution is -2.30. The standard InChI is InChI=1S/C37H53ClN2O2/c1-5-6-7-8-9-10-11-12-13-14-15-18-23-42-36-22-21-32(24-34(36)38)28-40(31(3)41)35-20-17-16-19-33(35)26-37(4)25-30(2)27-39-29-37/h16-17,19-22,24-25,27H,5-15,18,23,26,28-29H2,1-4H3. The minimum absolute atomic E-state index is 0.00409. The summed E-state index contributed by atoms with van der Waals surface area (Å²) in [5.41, 5.74) is 4.17. The fourth-order valence-electron chi connectivity index (χ4n) is 5.93. The van der Waals surface area contributed by atoms with Gasteiger partial charge in [0.15, 0.2) is 0 Å². The molecule has 1 unspecified atom stereocenters. The number of hydrogen-bond acceptors (Lipinski definition) is 3. The van der Waals surface area contributed by atoms with Gasteiger partial charge in [-0.15, -0.1) is 0 Å². The monoisotopic (exact) mass is 592 g/mol. The van der Waals surface area contributed by atoms with E-state index in [1.807, 2.05) is 47.5 Å². The molecule has 5 heteroatoms. The third-order valence-corrected chi connectivity index (χ3v) is 8.47. The number of carbonyl (C=O) groups excluding carboxylic acids is 1. The van der Waals surface area contributed by atoms with Crippen molar-refractivity contribution in [1.29, 1.82) is 0 Å². The highest BCUT2D eigenvalue weighted by atomic mass is 35.5. The number of ether oxygens (including phenoxy) is 1. The van der Waals surface area contributed by atoms with Gasteiger partial charge in [0.25, 0.3) is 0 Å². The van der Waals surface area contributed by atoms with Crippen molar-refractivity contribution >= 4 is 29.4 Å². The maximum Gasteiger partial charge on any atom is 0.224 e. The molecule has 0 aromatic heterocycles. The van der Waals surface area contributed by atoms with Crippen molar-refractivity contribution in [3.8, 4) is 5.75 Å². The molecule has 4 nitrogen and oxygen atoms in total. The number of amides is 1. The second kappa shape index (κ2) is 18.2. The average molecular weight is 593 g/mol. The molecule has 0 bridgehead atoms. The van der Waals surface area contributed by atoms with Gasteiger partial charge in [0.05, 0.1) is 18.2 Å². The summed E-state index contributed by atoms with van der Waals surface area (Å²) in [6, 6.07) is 14.1. The zero-order valence-electron chi connectivity index (χ0n) is 26.6. The molecule has 0 saturated heterocycles. The van der Waals surface area contributed by atoms with Crippen LogP contribution in [0, 0.1) is 5.41 Å². The Balaban J connectivity index is 1.46. The van der Waals surface area contributed by atoms with E-state index >= 15 is 0 Å². The van der Waals surface area contributed by atoms with Crippen LogP contribution in [0.25, 0.3) is 0 Å². The molecule has 1 atom stereocenters. The van der Waals surface area contributed by atoms with Gasteiger partial charge in [-0.2, -0.15) is 0 Å².